The van der Waals surface area contributed by atoms with Crippen LogP contribution in [-0.4, -0.2) is 11.2 Å². The van der Waals surface area contributed by atoms with Gasteiger partial charge in [0.25, 0.3) is 0 Å². The minimum Gasteiger partial charge on any atom is -0.507 e. The van der Waals surface area contributed by atoms with Crippen molar-refractivity contribution in [2.45, 2.75) is 20.5 Å². The normalized spacial score (nSPS) is 10.1. The number of amides is 1. The number of ether oxygens (including phenoxy) is 1. The van der Waals surface area contributed by atoms with Crippen LogP contribution in [0.5, 0.6) is 5.75 Å². The van der Waals surface area contributed by atoms with Crippen molar-refractivity contribution in [3.63, 3.8) is 0 Å². The summed E-state index contributed by atoms with van der Waals surface area (Å²) in [6.07, 6.45) is -0.515. The highest BCUT2D eigenvalue weighted by atomic mass is 16.5. The summed E-state index contributed by atoms with van der Waals surface area (Å²) >= 11 is 0. The molecule has 20 heavy (non-hydrogen) atoms. The number of aryl methyl sites for hydroxylation is 2. The Kier molecular flexibility index (Phi) is 4.25. The Bertz CT molecular complexity index is 585. The maximum atomic E-state index is 11.7. The molecule has 0 saturated heterocycles. The van der Waals surface area contributed by atoms with Gasteiger partial charge in [0, 0.05) is 5.69 Å². The van der Waals surface area contributed by atoms with E-state index in [1.807, 2.05) is 30.3 Å². The van der Waals surface area contributed by atoms with E-state index in [9.17, 15) is 9.90 Å². The summed E-state index contributed by atoms with van der Waals surface area (Å²) < 4.78 is 5.13. The van der Waals surface area contributed by atoms with Crippen molar-refractivity contribution in [2.24, 2.45) is 0 Å². The number of benzene rings is 2. The van der Waals surface area contributed by atoms with Gasteiger partial charge in [0.1, 0.15) is 12.4 Å². The molecule has 0 aliphatic heterocycles. The second-order valence-electron chi connectivity index (χ2n) is 4.65. The first-order valence-corrected chi connectivity index (χ1v) is 6.34. The van der Waals surface area contributed by atoms with Crippen LogP contribution in [0.15, 0.2) is 42.5 Å². The van der Waals surface area contributed by atoms with Gasteiger partial charge in [-0.25, -0.2) is 4.79 Å². The lowest BCUT2D eigenvalue weighted by Crippen LogP contribution is -2.13. The molecule has 2 aromatic rings. The molecule has 104 valence electrons. The van der Waals surface area contributed by atoms with Crippen molar-refractivity contribution in [1.82, 2.24) is 0 Å². The number of carbonyl (C=O) groups is 1. The molecule has 0 spiro atoms. The van der Waals surface area contributed by atoms with E-state index in [0.29, 0.717) is 16.8 Å². The van der Waals surface area contributed by atoms with E-state index in [2.05, 4.69) is 5.32 Å². The Morgan fingerprint density at radius 3 is 2.35 bits per heavy atom. The molecule has 0 saturated carbocycles. The monoisotopic (exact) mass is 271 g/mol. The van der Waals surface area contributed by atoms with E-state index in [4.69, 9.17) is 4.74 Å². The number of hydrogen-bond acceptors (Lipinski definition) is 3. The topological polar surface area (TPSA) is 58.6 Å². The van der Waals surface area contributed by atoms with Gasteiger partial charge in [-0.3, -0.25) is 5.32 Å². The molecule has 0 bridgehead atoms. The molecule has 0 aromatic heterocycles. The van der Waals surface area contributed by atoms with E-state index in [1.165, 1.54) is 0 Å². The smallest absolute Gasteiger partial charge is 0.411 e. The first kappa shape index (κ1) is 13.9. The molecular formula is C16H17NO3. The summed E-state index contributed by atoms with van der Waals surface area (Å²) in [6.45, 7) is 3.79. The summed E-state index contributed by atoms with van der Waals surface area (Å²) in [5, 5.41) is 12.3. The number of carbonyl (C=O) groups excluding carboxylic acids is 1. The van der Waals surface area contributed by atoms with Crippen LogP contribution < -0.4 is 5.32 Å². The molecule has 2 N–H and O–H groups in total. The Morgan fingerprint density at radius 2 is 1.75 bits per heavy atom. The van der Waals surface area contributed by atoms with Crippen LogP contribution >= 0.6 is 0 Å². The van der Waals surface area contributed by atoms with Crippen LogP contribution in [0.4, 0.5) is 10.5 Å². The second-order valence-corrected chi connectivity index (χ2v) is 4.65. The van der Waals surface area contributed by atoms with Crippen molar-refractivity contribution < 1.29 is 14.6 Å². The van der Waals surface area contributed by atoms with E-state index in [-0.39, 0.29) is 12.4 Å². The predicted octanol–water partition coefficient (Wildman–Crippen LogP) is 3.76. The Labute approximate surface area is 118 Å². The van der Waals surface area contributed by atoms with E-state index in [0.717, 1.165) is 5.56 Å². The molecule has 2 rings (SSSR count). The minimum atomic E-state index is -0.515. The van der Waals surface area contributed by atoms with Gasteiger partial charge in [-0.15, -0.1) is 0 Å². The van der Waals surface area contributed by atoms with Crippen molar-refractivity contribution in [2.75, 3.05) is 5.32 Å². The van der Waals surface area contributed by atoms with Crippen LogP contribution in [0.3, 0.4) is 0 Å². The first-order chi connectivity index (χ1) is 9.56. The molecule has 0 unspecified atom stereocenters. The summed E-state index contributed by atoms with van der Waals surface area (Å²) in [7, 11) is 0. The molecule has 0 fully saturated rings. The van der Waals surface area contributed by atoms with Gasteiger partial charge in [0.15, 0.2) is 0 Å². The maximum absolute atomic E-state index is 11.7. The second kappa shape index (κ2) is 6.10. The highest BCUT2D eigenvalue weighted by Gasteiger charge is 2.07. The summed E-state index contributed by atoms with van der Waals surface area (Å²) in [5.74, 6) is 0.244. The van der Waals surface area contributed by atoms with Crippen LogP contribution in [0.1, 0.15) is 16.7 Å². The van der Waals surface area contributed by atoms with Crippen LogP contribution in [0, 0.1) is 13.8 Å². The summed E-state index contributed by atoms with van der Waals surface area (Å²) in [6, 6.07) is 12.9. The molecule has 2 aromatic carbocycles. The molecule has 0 radical (unpaired) electrons. The summed E-state index contributed by atoms with van der Waals surface area (Å²) in [4.78, 5) is 11.7. The molecule has 0 aliphatic rings. The summed E-state index contributed by atoms with van der Waals surface area (Å²) in [5.41, 5.74) is 2.96. The molecule has 0 heterocycles. The quantitative estimate of drug-likeness (QED) is 0.836. The largest absolute Gasteiger partial charge is 0.507 e. The number of phenols is 1. The number of rotatable bonds is 3. The molecule has 4 nitrogen and oxygen atoms in total. The Hall–Kier alpha value is -2.49. The third-order valence-electron chi connectivity index (χ3n) is 2.95. The van der Waals surface area contributed by atoms with Gasteiger partial charge >= 0.3 is 6.09 Å². The molecule has 0 aliphatic carbocycles. The van der Waals surface area contributed by atoms with Gasteiger partial charge in [-0.1, -0.05) is 30.3 Å². The zero-order valence-corrected chi connectivity index (χ0v) is 11.5. The number of anilines is 1. The third kappa shape index (κ3) is 3.51. The SMILES string of the molecule is Cc1cc(NC(=O)OCc2ccccc2)cc(C)c1O. The van der Waals surface area contributed by atoms with Crippen molar-refractivity contribution >= 4 is 11.8 Å². The van der Waals surface area contributed by atoms with Crippen molar-refractivity contribution in [3.05, 3.63) is 59.2 Å². The van der Waals surface area contributed by atoms with Gasteiger partial charge < -0.3 is 9.84 Å². The first-order valence-electron chi connectivity index (χ1n) is 6.34. The fourth-order valence-corrected chi connectivity index (χ4v) is 1.91. The lowest BCUT2D eigenvalue weighted by molar-refractivity contribution is 0.155. The molecule has 4 heteroatoms. The van der Waals surface area contributed by atoms with Gasteiger partial charge in [0.2, 0.25) is 0 Å². The highest BCUT2D eigenvalue weighted by Crippen LogP contribution is 2.25. The fraction of sp³-hybridized carbons (Fsp3) is 0.188. The van der Waals surface area contributed by atoms with Crippen molar-refractivity contribution in [3.8, 4) is 5.75 Å². The number of aromatic hydroxyl groups is 1. The average Bonchev–Trinajstić information content (AvgIpc) is 2.43. The molecular weight excluding hydrogens is 254 g/mol. The van der Waals surface area contributed by atoms with Crippen LogP contribution in [-0.2, 0) is 11.3 Å². The van der Waals surface area contributed by atoms with Crippen molar-refractivity contribution in [1.29, 1.82) is 0 Å². The molecule has 1 amide bonds. The van der Waals surface area contributed by atoms with Crippen LogP contribution in [0.25, 0.3) is 0 Å². The van der Waals surface area contributed by atoms with Gasteiger partial charge in [-0.2, -0.15) is 0 Å². The standard InChI is InChI=1S/C16H17NO3/c1-11-8-14(9-12(2)15(11)18)17-16(19)20-10-13-6-4-3-5-7-13/h3-9,18H,10H2,1-2H3,(H,17,19). The zero-order valence-electron chi connectivity index (χ0n) is 11.5. The van der Waals surface area contributed by atoms with Gasteiger partial charge in [0.05, 0.1) is 0 Å². The van der Waals surface area contributed by atoms with E-state index in [1.54, 1.807) is 26.0 Å². The fourth-order valence-electron chi connectivity index (χ4n) is 1.91. The zero-order chi connectivity index (χ0) is 14.5. The lowest BCUT2D eigenvalue weighted by atomic mass is 10.1. The predicted molar refractivity (Wildman–Crippen MR) is 77.8 cm³/mol. The number of phenolic OH excluding ortho intramolecular Hbond substituents is 1. The maximum Gasteiger partial charge on any atom is 0.411 e. The number of hydrogen-bond donors (Lipinski definition) is 2. The third-order valence-corrected chi connectivity index (χ3v) is 2.95. The Balaban J connectivity index is 1.95. The lowest BCUT2D eigenvalue weighted by Gasteiger charge is -2.10. The molecule has 0 atom stereocenters. The minimum absolute atomic E-state index is 0.225. The van der Waals surface area contributed by atoms with Gasteiger partial charge in [-0.05, 0) is 42.7 Å². The number of nitrogens with one attached hydrogen (secondary N) is 1. The Morgan fingerprint density at radius 1 is 1.15 bits per heavy atom. The van der Waals surface area contributed by atoms with Crippen LogP contribution in [0.2, 0.25) is 0 Å². The van der Waals surface area contributed by atoms with E-state index >= 15 is 0 Å². The average molecular weight is 271 g/mol. The highest BCUT2D eigenvalue weighted by molar-refractivity contribution is 5.85. The van der Waals surface area contributed by atoms with E-state index < -0.39 is 6.09 Å².